The summed E-state index contributed by atoms with van der Waals surface area (Å²) in [5.41, 5.74) is 0. The third-order valence-electron chi connectivity index (χ3n) is 6.33. The zero-order valence-electron chi connectivity index (χ0n) is 21.1. The van der Waals surface area contributed by atoms with Crippen LogP contribution in [0.25, 0.3) is 0 Å². The van der Waals surface area contributed by atoms with E-state index in [9.17, 15) is 0 Å². The van der Waals surface area contributed by atoms with Crippen LogP contribution in [-0.4, -0.2) is 38.3 Å². The summed E-state index contributed by atoms with van der Waals surface area (Å²) in [5, 5.41) is 0. The monoisotopic (exact) mass is 497 g/mol. The van der Waals surface area contributed by atoms with E-state index >= 15 is 0 Å². The minimum Gasteiger partial charge on any atom is -1.00 e. The quantitative estimate of drug-likeness (QED) is 0.163. The summed E-state index contributed by atoms with van der Waals surface area (Å²) < 4.78 is 6.92. The fourth-order valence-corrected chi connectivity index (χ4v) is 4.13. The maximum atomic E-state index is 5.86. The van der Waals surface area contributed by atoms with Crippen molar-refractivity contribution in [2.75, 3.05) is 33.8 Å². The first-order valence-electron chi connectivity index (χ1n) is 13.1. The molecule has 3 heteroatoms. The Labute approximate surface area is 205 Å². The second-order valence-electron chi connectivity index (χ2n) is 9.85. The van der Waals surface area contributed by atoms with Gasteiger partial charge in [-0.3, -0.25) is 0 Å². The Balaban J connectivity index is 0.00000900. The van der Waals surface area contributed by atoms with Gasteiger partial charge < -0.3 is 26.2 Å². The molecule has 31 heavy (non-hydrogen) atoms. The molecule has 0 amide bonds. The van der Waals surface area contributed by atoms with E-state index in [4.69, 9.17) is 4.74 Å². The molecule has 1 aromatic rings. The smallest absolute Gasteiger partial charge is 0.137 e. The minimum absolute atomic E-state index is 0. The van der Waals surface area contributed by atoms with Gasteiger partial charge in [0, 0.05) is 0 Å². The van der Waals surface area contributed by atoms with Gasteiger partial charge in [0.2, 0.25) is 0 Å². The van der Waals surface area contributed by atoms with E-state index in [-0.39, 0.29) is 17.0 Å². The van der Waals surface area contributed by atoms with Gasteiger partial charge >= 0.3 is 0 Å². The van der Waals surface area contributed by atoms with E-state index < -0.39 is 0 Å². The molecule has 182 valence electrons. The number of likely N-dealkylation sites (N-methyl/N-ethyl adjacent to an activating group) is 1. The third-order valence-corrected chi connectivity index (χ3v) is 6.33. The Morgan fingerprint density at radius 2 is 1.00 bits per heavy atom. The van der Waals surface area contributed by atoms with Crippen molar-refractivity contribution in [1.82, 2.24) is 0 Å². The number of nitrogens with zero attached hydrogens (tertiary/aromatic N) is 1. The standard InChI is InChI=1S/C28H52NO.BrH/c1-4-5-6-7-8-9-10-11-12-13-14-15-16-17-18-22-25-29(2,3)26-27-30-28-23-20-19-21-24-28;/h19-21,23-24H,4-18,22,25-27H2,1-3H3;1H/q+1;/p-1. The number of hydrogen-bond acceptors (Lipinski definition) is 1. The molecule has 0 atom stereocenters. The Kier molecular flexibility index (Phi) is 20.9. The SMILES string of the molecule is CCCCCCCCCCCCCCCCCC[N+](C)(C)CCOc1ccccc1.[Br-]. The van der Waals surface area contributed by atoms with Crippen molar-refractivity contribution in [3.8, 4) is 5.75 Å². The van der Waals surface area contributed by atoms with E-state index in [1.807, 2.05) is 30.3 Å². The molecule has 0 aromatic heterocycles. The zero-order chi connectivity index (χ0) is 21.8. The summed E-state index contributed by atoms with van der Waals surface area (Å²) in [6, 6.07) is 10.2. The average Bonchev–Trinajstić information content (AvgIpc) is 2.74. The van der Waals surface area contributed by atoms with Crippen LogP contribution in [0.4, 0.5) is 0 Å². The maximum Gasteiger partial charge on any atom is 0.137 e. The van der Waals surface area contributed by atoms with Gasteiger partial charge in [-0.2, -0.15) is 0 Å². The van der Waals surface area contributed by atoms with Gasteiger partial charge in [0.05, 0.1) is 20.6 Å². The maximum absolute atomic E-state index is 5.86. The van der Waals surface area contributed by atoms with Crippen LogP contribution in [0.15, 0.2) is 30.3 Å². The molecular weight excluding hydrogens is 446 g/mol. The van der Waals surface area contributed by atoms with Crippen LogP contribution in [0.5, 0.6) is 5.75 Å². The molecule has 0 heterocycles. The van der Waals surface area contributed by atoms with Crippen LogP contribution < -0.4 is 21.7 Å². The van der Waals surface area contributed by atoms with Gasteiger partial charge in [0.1, 0.15) is 18.9 Å². The van der Waals surface area contributed by atoms with Crippen molar-refractivity contribution in [3.63, 3.8) is 0 Å². The van der Waals surface area contributed by atoms with Gasteiger partial charge in [-0.25, -0.2) is 0 Å². The predicted molar refractivity (Wildman–Crippen MR) is 133 cm³/mol. The van der Waals surface area contributed by atoms with Crippen LogP contribution >= 0.6 is 0 Å². The lowest BCUT2D eigenvalue weighted by Crippen LogP contribution is -3.00. The number of para-hydroxylation sites is 1. The second-order valence-corrected chi connectivity index (χ2v) is 9.85. The number of hydrogen-bond donors (Lipinski definition) is 0. The second kappa shape index (κ2) is 21.3. The van der Waals surface area contributed by atoms with E-state index in [2.05, 4.69) is 21.0 Å². The topological polar surface area (TPSA) is 9.23 Å². The lowest BCUT2D eigenvalue weighted by molar-refractivity contribution is -0.890. The molecule has 0 spiro atoms. The Bertz CT molecular complexity index is 477. The number of benzene rings is 1. The van der Waals surface area contributed by atoms with Crippen molar-refractivity contribution < 1.29 is 26.2 Å². The normalized spacial score (nSPS) is 11.3. The Morgan fingerprint density at radius 3 is 1.45 bits per heavy atom. The van der Waals surface area contributed by atoms with Gasteiger partial charge in [0.25, 0.3) is 0 Å². The van der Waals surface area contributed by atoms with Gasteiger partial charge in [-0.1, -0.05) is 115 Å². The van der Waals surface area contributed by atoms with Crippen LogP contribution in [0.1, 0.15) is 110 Å². The molecule has 1 rings (SSSR count). The highest BCUT2D eigenvalue weighted by molar-refractivity contribution is 5.20. The summed E-state index contributed by atoms with van der Waals surface area (Å²) in [5.74, 6) is 0.986. The van der Waals surface area contributed by atoms with Crippen LogP contribution in [0, 0.1) is 0 Å². The van der Waals surface area contributed by atoms with Gasteiger partial charge in [0.15, 0.2) is 0 Å². The summed E-state index contributed by atoms with van der Waals surface area (Å²) in [7, 11) is 4.67. The predicted octanol–water partition coefficient (Wildman–Crippen LogP) is 5.41. The number of halogens is 1. The highest BCUT2D eigenvalue weighted by Crippen LogP contribution is 2.14. The molecule has 0 aliphatic rings. The molecule has 1 aromatic carbocycles. The molecule has 0 saturated carbocycles. The average molecular weight is 499 g/mol. The molecule has 0 unspecified atom stereocenters. The van der Waals surface area contributed by atoms with Crippen LogP contribution in [-0.2, 0) is 0 Å². The number of unbranched alkanes of at least 4 members (excludes halogenated alkanes) is 15. The molecule has 0 saturated heterocycles. The number of ether oxygens (including phenoxy) is 1. The molecular formula is C28H52BrNO. The van der Waals surface area contributed by atoms with E-state index in [0.717, 1.165) is 23.4 Å². The van der Waals surface area contributed by atoms with Crippen molar-refractivity contribution >= 4 is 0 Å². The molecule has 0 fully saturated rings. The third kappa shape index (κ3) is 19.8. The summed E-state index contributed by atoms with van der Waals surface area (Å²) in [6.45, 7) is 5.44. The van der Waals surface area contributed by atoms with Crippen molar-refractivity contribution in [2.24, 2.45) is 0 Å². The van der Waals surface area contributed by atoms with Crippen molar-refractivity contribution in [1.29, 1.82) is 0 Å². The Hall–Kier alpha value is -0.540. The Morgan fingerprint density at radius 1 is 0.581 bits per heavy atom. The van der Waals surface area contributed by atoms with Crippen LogP contribution in [0.2, 0.25) is 0 Å². The van der Waals surface area contributed by atoms with Crippen molar-refractivity contribution in [2.45, 2.75) is 110 Å². The largest absolute Gasteiger partial charge is 1.00 e. The van der Waals surface area contributed by atoms with E-state index in [1.54, 1.807) is 0 Å². The van der Waals surface area contributed by atoms with Gasteiger partial charge in [-0.15, -0.1) is 0 Å². The first kappa shape index (κ1) is 30.5. The van der Waals surface area contributed by atoms with Gasteiger partial charge in [-0.05, 0) is 25.0 Å². The molecule has 0 aliphatic carbocycles. The van der Waals surface area contributed by atoms with Crippen molar-refractivity contribution in [3.05, 3.63) is 30.3 Å². The molecule has 0 N–H and O–H groups in total. The molecule has 0 bridgehead atoms. The van der Waals surface area contributed by atoms with Crippen LogP contribution in [0.3, 0.4) is 0 Å². The summed E-state index contributed by atoms with van der Waals surface area (Å²) >= 11 is 0. The lowest BCUT2D eigenvalue weighted by atomic mass is 10.0. The fourth-order valence-electron chi connectivity index (χ4n) is 4.13. The summed E-state index contributed by atoms with van der Waals surface area (Å²) in [6.07, 6.45) is 23.0. The first-order chi connectivity index (χ1) is 14.6. The fraction of sp³-hybridized carbons (Fsp3) is 0.786. The first-order valence-corrected chi connectivity index (χ1v) is 13.1. The lowest BCUT2D eigenvalue weighted by Gasteiger charge is -2.29. The minimum atomic E-state index is 0. The molecule has 2 nitrogen and oxygen atoms in total. The van der Waals surface area contributed by atoms with E-state index in [0.29, 0.717) is 0 Å². The number of rotatable bonds is 21. The zero-order valence-corrected chi connectivity index (χ0v) is 22.6. The molecule has 0 radical (unpaired) electrons. The molecule has 0 aliphatic heterocycles. The number of quaternary nitrogens is 1. The summed E-state index contributed by atoms with van der Waals surface area (Å²) in [4.78, 5) is 0. The van der Waals surface area contributed by atoms with E-state index in [1.165, 1.54) is 109 Å². The highest BCUT2D eigenvalue weighted by atomic mass is 79.9. The highest BCUT2D eigenvalue weighted by Gasteiger charge is 2.14.